The molecule has 0 saturated carbocycles. The van der Waals surface area contributed by atoms with Gasteiger partial charge in [-0.15, -0.1) is 0 Å². The van der Waals surface area contributed by atoms with Crippen molar-refractivity contribution in [1.29, 1.82) is 0 Å². The Morgan fingerprint density at radius 3 is 2.50 bits per heavy atom. The molecule has 5 nitrogen and oxygen atoms in total. The van der Waals surface area contributed by atoms with E-state index in [1.165, 1.54) is 12.8 Å². The highest BCUT2D eigenvalue weighted by Crippen LogP contribution is 2.34. The number of carbonyl (C=O) groups is 1. The molecule has 2 fully saturated rings. The van der Waals surface area contributed by atoms with Gasteiger partial charge >= 0.3 is 0 Å². The molecule has 3 rings (SSSR count). The van der Waals surface area contributed by atoms with Gasteiger partial charge in [-0.1, -0.05) is 0 Å². The van der Waals surface area contributed by atoms with Crippen LogP contribution < -0.4 is 5.32 Å². The van der Waals surface area contributed by atoms with Crippen LogP contribution >= 0.6 is 15.9 Å². The molecule has 2 saturated heterocycles. The first-order valence-corrected chi connectivity index (χ1v) is 8.95. The molecule has 2 bridgehead atoms. The summed E-state index contributed by atoms with van der Waals surface area (Å²) in [6.07, 6.45) is 5.27. The molecule has 1 aromatic rings. The van der Waals surface area contributed by atoms with E-state index >= 15 is 0 Å². The Bertz CT molecular complexity index is 557. The Morgan fingerprint density at radius 2 is 1.95 bits per heavy atom. The monoisotopic (exact) mass is 368 g/mol. The van der Waals surface area contributed by atoms with E-state index in [0.717, 1.165) is 28.7 Å². The number of nitrogens with one attached hydrogen (secondary N) is 1. The van der Waals surface area contributed by atoms with E-state index in [1.54, 1.807) is 0 Å². The van der Waals surface area contributed by atoms with Crippen molar-refractivity contribution in [2.75, 3.05) is 7.05 Å². The van der Waals surface area contributed by atoms with E-state index in [0.29, 0.717) is 31.1 Å². The molecule has 2 aliphatic rings. The minimum atomic E-state index is 0.151. The SMILES string of the molecule is Cc1nn(CCC(=O)NC2CC3CCC(C2)N3C)c(C)c1Br. The highest BCUT2D eigenvalue weighted by Gasteiger charge is 2.38. The summed E-state index contributed by atoms with van der Waals surface area (Å²) in [6, 6.07) is 1.68. The van der Waals surface area contributed by atoms with Gasteiger partial charge in [-0.2, -0.15) is 5.10 Å². The zero-order valence-electron chi connectivity index (χ0n) is 13.6. The fourth-order valence-electron chi connectivity index (χ4n) is 3.93. The van der Waals surface area contributed by atoms with E-state index < -0.39 is 0 Å². The number of piperidine rings is 1. The Labute approximate surface area is 140 Å². The van der Waals surface area contributed by atoms with E-state index in [9.17, 15) is 4.79 Å². The van der Waals surface area contributed by atoms with Crippen molar-refractivity contribution < 1.29 is 4.79 Å². The normalized spacial score (nSPS) is 28.1. The topological polar surface area (TPSA) is 50.2 Å². The summed E-state index contributed by atoms with van der Waals surface area (Å²) in [5.74, 6) is 0.151. The molecule has 1 N–H and O–H groups in total. The van der Waals surface area contributed by atoms with Crippen molar-refractivity contribution in [3.05, 3.63) is 15.9 Å². The number of aryl methyl sites for hydroxylation is 2. The summed E-state index contributed by atoms with van der Waals surface area (Å²) >= 11 is 3.52. The van der Waals surface area contributed by atoms with Crippen LogP contribution in [0, 0.1) is 13.8 Å². The van der Waals surface area contributed by atoms with Gasteiger partial charge in [0.25, 0.3) is 0 Å². The maximum Gasteiger partial charge on any atom is 0.222 e. The molecule has 2 unspecified atom stereocenters. The fourth-order valence-corrected chi connectivity index (χ4v) is 4.21. The highest BCUT2D eigenvalue weighted by molar-refractivity contribution is 9.10. The summed E-state index contributed by atoms with van der Waals surface area (Å²) in [6.45, 7) is 4.64. The first-order chi connectivity index (χ1) is 10.5. The Kier molecular flexibility index (Phi) is 4.59. The lowest BCUT2D eigenvalue weighted by Crippen LogP contribution is -2.48. The fraction of sp³-hybridized carbons (Fsp3) is 0.750. The summed E-state index contributed by atoms with van der Waals surface area (Å²) < 4.78 is 2.96. The smallest absolute Gasteiger partial charge is 0.222 e. The van der Waals surface area contributed by atoms with Crippen LogP contribution in [0.5, 0.6) is 0 Å². The second-order valence-electron chi connectivity index (χ2n) is 6.74. The number of fused-ring (bicyclic) bond motifs is 2. The molecular weight excluding hydrogens is 344 g/mol. The van der Waals surface area contributed by atoms with Crippen LogP contribution in [0.25, 0.3) is 0 Å². The number of hydrogen-bond acceptors (Lipinski definition) is 3. The van der Waals surface area contributed by atoms with Gasteiger partial charge < -0.3 is 10.2 Å². The summed E-state index contributed by atoms with van der Waals surface area (Å²) in [5, 5.41) is 7.69. The number of hydrogen-bond donors (Lipinski definition) is 1. The minimum Gasteiger partial charge on any atom is -0.353 e. The van der Waals surface area contributed by atoms with E-state index in [4.69, 9.17) is 0 Å². The van der Waals surface area contributed by atoms with Crippen LogP contribution in [0.4, 0.5) is 0 Å². The van der Waals surface area contributed by atoms with Crippen LogP contribution in [0.3, 0.4) is 0 Å². The molecule has 6 heteroatoms. The quantitative estimate of drug-likeness (QED) is 0.887. The Balaban J connectivity index is 1.50. The van der Waals surface area contributed by atoms with Crippen LogP contribution in [0.15, 0.2) is 4.47 Å². The second kappa shape index (κ2) is 6.32. The van der Waals surface area contributed by atoms with Gasteiger partial charge in [0.05, 0.1) is 16.7 Å². The number of aromatic nitrogens is 2. The third kappa shape index (κ3) is 3.08. The molecule has 0 spiro atoms. The van der Waals surface area contributed by atoms with Crippen LogP contribution in [-0.2, 0) is 11.3 Å². The standard InChI is InChI=1S/C16H25BrN4O/c1-10-16(17)11(2)21(19-10)7-6-15(22)18-12-8-13-4-5-14(9-12)20(13)3/h12-14H,4-9H2,1-3H3,(H,18,22). The molecule has 0 radical (unpaired) electrons. The van der Waals surface area contributed by atoms with E-state index in [1.807, 2.05) is 18.5 Å². The summed E-state index contributed by atoms with van der Waals surface area (Å²) in [5.41, 5.74) is 2.06. The first kappa shape index (κ1) is 16.0. The number of halogens is 1. The van der Waals surface area contributed by atoms with Crippen LogP contribution in [0.1, 0.15) is 43.5 Å². The van der Waals surface area contributed by atoms with Crippen molar-refractivity contribution >= 4 is 21.8 Å². The molecule has 22 heavy (non-hydrogen) atoms. The number of nitrogens with zero attached hydrogens (tertiary/aromatic N) is 3. The van der Waals surface area contributed by atoms with Crippen molar-refractivity contribution in [2.45, 2.75) is 70.6 Å². The molecule has 3 heterocycles. The van der Waals surface area contributed by atoms with Gasteiger partial charge in [0.2, 0.25) is 5.91 Å². The molecule has 2 aliphatic heterocycles. The zero-order chi connectivity index (χ0) is 15.9. The Hall–Kier alpha value is -0.880. The van der Waals surface area contributed by atoms with Crippen LogP contribution in [0.2, 0.25) is 0 Å². The first-order valence-electron chi connectivity index (χ1n) is 8.16. The van der Waals surface area contributed by atoms with Gasteiger partial charge in [0.15, 0.2) is 0 Å². The molecule has 122 valence electrons. The van der Waals surface area contributed by atoms with Crippen molar-refractivity contribution in [1.82, 2.24) is 20.0 Å². The maximum atomic E-state index is 12.2. The minimum absolute atomic E-state index is 0.151. The lowest BCUT2D eigenvalue weighted by molar-refractivity contribution is -0.122. The highest BCUT2D eigenvalue weighted by atomic mass is 79.9. The van der Waals surface area contributed by atoms with Crippen molar-refractivity contribution in [3.8, 4) is 0 Å². The van der Waals surface area contributed by atoms with Gasteiger partial charge in [-0.25, -0.2) is 0 Å². The Morgan fingerprint density at radius 1 is 1.32 bits per heavy atom. The molecule has 0 aromatic carbocycles. The van der Waals surface area contributed by atoms with Gasteiger partial charge in [0, 0.05) is 30.2 Å². The lowest BCUT2D eigenvalue weighted by Gasteiger charge is -2.36. The maximum absolute atomic E-state index is 12.2. The van der Waals surface area contributed by atoms with Gasteiger partial charge in [0.1, 0.15) is 0 Å². The third-order valence-corrected chi connectivity index (χ3v) is 6.45. The number of carbonyl (C=O) groups excluding carboxylic acids is 1. The summed E-state index contributed by atoms with van der Waals surface area (Å²) in [7, 11) is 2.22. The third-order valence-electron chi connectivity index (χ3n) is 5.31. The van der Waals surface area contributed by atoms with Crippen molar-refractivity contribution in [3.63, 3.8) is 0 Å². The largest absolute Gasteiger partial charge is 0.353 e. The molecular formula is C16H25BrN4O. The average molecular weight is 369 g/mol. The molecule has 2 atom stereocenters. The van der Waals surface area contributed by atoms with Crippen LogP contribution in [-0.4, -0.2) is 45.8 Å². The lowest BCUT2D eigenvalue weighted by atomic mass is 9.98. The van der Waals surface area contributed by atoms with Gasteiger partial charge in [-0.3, -0.25) is 9.48 Å². The summed E-state index contributed by atoms with van der Waals surface area (Å²) in [4.78, 5) is 14.7. The predicted molar refractivity (Wildman–Crippen MR) is 89.8 cm³/mol. The predicted octanol–water partition coefficient (Wildman–Crippen LogP) is 2.39. The average Bonchev–Trinajstić information content (AvgIpc) is 2.84. The number of amides is 1. The molecule has 1 amide bonds. The van der Waals surface area contributed by atoms with Crippen molar-refractivity contribution in [2.24, 2.45) is 0 Å². The van der Waals surface area contributed by atoms with E-state index in [2.05, 4.69) is 38.3 Å². The second-order valence-corrected chi connectivity index (χ2v) is 7.54. The van der Waals surface area contributed by atoms with Gasteiger partial charge in [-0.05, 0) is 62.5 Å². The molecule has 0 aliphatic carbocycles. The zero-order valence-corrected chi connectivity index (χ0v) is 15.2. The number of rotatable bonds is 4. The van der Waals surface area contributed by atoms with E-state index in [-0.39, 0.29) is 5.91 Å². The molecule has 1 aromatic heterocycles.